The van der Waals surface area contributed by atoms with Gasteiger partial charge < -0.3 is 10.6 Å². The van der Waals surface area contributed by atoms with Crippen molar-refractivity contribution in [3.05, 3.63) is 63.7 Å². The quantitative estimate of drug-likeness (QED) is 0.501. The van der Waals surface area contributed by atoms with E-state index in [0.29, 0.717) is 10.8 Å². The number of nitro groups is 1. The molecule has 0 aliphatic carbocycles. The van der Waals surface area contributed by atoms with Crippen molar-refractivity contribution in [2.24, 2.45) is 0 Å². The van der Waals surface area contributed by atoms with Crippen LogP contribution in [-0.2, 0) is 6.42 Å². The van der Waals surface area contributed by atoms with Crippen molar-refractivity contribution < 1.29 is 4.92 Å². The van der Waals surface area contributed by atoms with Crippen molar-refractivity contribution in [3.63, 3.8) is 0 Å². The lowest BCUT2D eigenvalue weighted by atomic mass is 10.1. The molecule has 0 aliphatic rings. The number of para-hydroxylation sites is 1. The van der Waals surface area contributed by atoms with Gasteiger partial charge in [-0.05, 0) is 42.8 Å². The fourth-order valence-corrected chi connectivity index (χ4v) is 2.40. The van der Waals surface area contributed by atoms with E-state index in [1.807, 2.05) is 25.1 Å². The summed E-state index contributed by atoms with van der Waals surface area (Å²) in [6.45, 7) is 4.09. The largest absolute Gasteiger partial charge is 0.332 e. The fourth-order valence-electron chi connectivity index (χ4n) is 2.18. The van der Waals surface area contributed by atoms with Gasteiger partial charge in [-0.2, -0.15) is 0 Å². The van der Waals surface area contributed by atoms with Crippen LogP contribution in [0.1, 0.15) is 18.1 Å². The smallest absolute Gasteiger partial charge is 0.271 e. The highest BCUT2D eigenvalue weighted by Crippen LogP contribution is 2.22. The normalized spacial score (nSPS) is 10.1. The number of nitrogens with zero attached hydrogens (tertiary/aromatic N) is 1. The van der Waals surface area contributed by atoms with E-state index in [1.165, 1.54) is 17.7 Å². The van der Waals surface area contributed by atoms with E-state index >= 15 is 0 Å². The van der Waals surface area contributed by atoms with Gasteiger partial charge in [-0.3, -0.25) is 10.1 Å². The van der Waals surface area contributed by atoms with Gasteiger partial charge in [0.2, 0.25) is 0 Å². The van der Waals surface area contributed by atoms with Crippen LogP contribution in [0.25, 0.3) is 0 Å². The van der Waals surface area contributed by atoms with Crippen molar-refractivity contribution in [1.82, 2.24) is 0 Å². The Bertz CT molecular complexity index is 716. The van der Waals surface area contributed by atoms with Gasteiger partial charge in [-0.25, -0.2) is 0 Å². The summed E-state index contributed by atoms with van der Waals surface area (Å²) in [7, 11) is 0. The topological polar surface area (TPSA) is 67.2 Å². The first-order chi connectivity index (χ1) is 10.5. The van der Waals surface area contributed by atoms with Gasteiger partial charge in [0.25, 0.3) is 5.69 Å². The number of anilines is 2. The SMILES string of the molecule is CCc1cccc(C)c1NC(=S)Nc1cccc([N+](=O)[O-])c1. The molecule has 0 saturated carbocycles. The molecule has 2 rings (SSSR count). The molecule has 2 aromatic rings. The third kappa shape index (κ3) is 3.79. The Hall–Kier alpha value is -2.47. The van der Waals surface area contributed by atoms with Crippen LogP contribution >= 0.6 is 12.2 Å². The van der Waals surface area contributed by atoms with Gasteiger partial charge >= 0.3 is 0 Å². The van der Waals surface area contributed by atoms with E-state index in [-0.39, 0.29) is 5.69 Å². The molecule has 0 saturated heterocycles. The Balaban J connectivity index is 2.14. The van der Waals surface area contributed by atoms with Crippen LogP contribution in [-0.4, -0.2) is 10.0 Å². The van der Waals surface area contributed by atoms with Crippen molar-refractivity contribution in [1.29, 1.82) is 0 Å². The Morgan fingerprint density at radius 3 is 2.64 bits per heavy atom. The predicted octanol–water partition coefficient (Wildman–Crippen LogP) is 4.27. The van der Waals surface area contributed by atoms with E-state index in [0.717, 1.165) is 17.7 Å². The van der Waals surface area contributed by atoms with E-state index in [1.54, 1.807) is 12.1 Å². The number of aryl methyl sites for hydroxylation is 2. The van der Waals surface area contributed by atoms with Crippen LogP contribution in [0.15, 0.2) is 42.5 Å². The first-order valence-corrected chi connectivity index (χ1v) is 7.33. The van der Waals surface area contributed by atoms with Gasteiger partial charge in [0.05, 0.1) is 4.92 Å². The third-order valence-electron chi connectivity index (χ3n) is 3.29. The fraction of sp³-hybridized carbons (Fsp3) is 0.188. The first-order valence-electron chi connectivity index (χ1n) is 6.92. The van der Waals surface area contributed by atoms with Crippen LogP contribution in [0.2, 0.25) is 0 Å². The monoisotopic (exact) mass is 315 g/mol. The minimum Gasteiger partial charge on any atom is -0.332 e. The molecular weight excluding hydrogens is 298 g/mol. The molecule has 0 aromatic heterocycles. The van der Waals surface area contributed by atoms with Gasteiger partial charge in [-0.15, -0.1) is 0 Å². The van der Waals surface area contributed by atoms with Crippen LogP contribution < -0.4 is 10.6 Å². The highest BCUT2D eigenvalue weighted by molar-refractivity contribution is 7.80. The average Bonchev–Trinajstić information content (AvgIpc) is 2.49. The second kappa shape index (κ2) is 7.00. The second-order valence-corrected chi connectivity index (χ2v) is 5.26. The standard InChI is InChI=1S/C16H17N3O2S/c1-3-12-7-4-6-11(2)15(12)18-16(22)17-13-8-5-9-14(10-13)19(20)21/h4-10H,3H2,1-2H3,(H2,17,18,22). The highest BCUT2D eigenvalue weighted by Gasteiger charge is 2.09. The highest BCUT2D eigenvalue weighted by atomic mass is 32.1. The zero-order valence-electron chi connectivity index (χ0n) is 12.4. The maximum atomic E-state index is 10.8. The molecule has 2 N–H and O–H groups in total. The molecule has 5 nitrogen and oxygen atoms in total. The summed E-state index contributed by atoms with van der Waals surface area (Å²) in [5, 5.41) is 17.4. The second-order valence-electron chi connectivity index (χ2n) is 4.85. The molecule has 6 heteroatoms. The summed E-state index contributed by atoms with van der Waals surface area (Å²) in [4.78, 5) is 10.4. The zero-order valence-corrected chi connectivity index (χ0v) is 13.2. The molecule has 0 heterocycles. The number of hydrogen-bond donors (Lipinski definition) is 2. The average molecular weight is 315 g/mol. The molecule has 0 bridgehead atoms. The van der Waals surface area contributed by atoms with Crippen molar-refractivity contribution in [2.45, 2.75) is 20.3 Å². The van der Waals surface area contributed by atoms with Crippen LogP contribution in [0.3, 0.4) is 0 Å². The molecule has 0 atom stereocenters. The van der Waals surface area contributed by atoms with Crippen LogP contribution in [0.5, 0.6) is 0 Å². The lowest BCUT2D eigenvalue weighted by Crippen LogP contribution is -2.20. The van der Waals surface area contributed by atoms with Crippen molar-refractivity contribution in [3.8, 4) is 0 Å². The minimum atomic E-state index is -0.432. The van der Waals surface area contributed by atoms with Crippen molar-refractivity contribution in [2.75, 3.05) is 10.6 Å². The maximum Gasteiger partial charge on any atom is 0.271 e. The predicted molar refractivity (Wildman–Crippen MR) is 93.5 cm³/mol. The number of nitro benzene ring substituents is 1. The maximum absolute atomic E-state index is 10.8. The van der Waals surface area contributed by atoms with E-state index in [2.05, 4.69) is 17.6 Å². The molecule has 114 valence electrons. The zero-order chi connectivity index (χ0) is 16.1. The van der Waals surface area contributed by atoms with Gasteiger partial charge in [-0.1, -0.05) is 31.2 Å². The molecule has 2 aromatic carbocycles. The lowest BCUT2D eigenvalue weighted by Gasteiger charge is -2.15. The molecule has 0 spiro atoms. The Morgan fingerprint density at radius 2 is 1.95 bits per heavy atom. The Morgan fingerprint density at radius 1 is 1.23 bits per heavy atom. The summed E-state index contributed by atoms with van der Waals surface area (Å²) in [5.41, 5.74) is 3.86. The van der Waals surface area contributed by atoms with E-state index < -0.39 is 4.92 Å². The third-order valence-corrected chi connectivity index (χ3v) is 3.50. The lowest BCUT2D eigenvalue weighted by molar-refractivity contribution is -0.384. The number of hydrogen-bond acceptors (Lipinski definition) is 3. The molecule has 22 heavy (non-hydrogen) atoms. The van der Waals surface area contributed by atoms with Crippen LogP contribution in [0, 0.1) is 17.0 Å². The van der Waals surface area contributed by atoms with Crippen LogP contribution in [0.4, 0.5) is 17.1 Å². The summed E-state index contributed by atoms with van der Waals surface area (Å²) >= 11 is 5.30. The van der Waals surface area contributed by atoms with Crippen molar-refractivity contribution >= 4 is 34.4 Å². The number of non-ortho nitro benzene ring substituents is 1. The number of rotatable bonds is 4. The molecule has 0 unspecified atom stereocenters. The molecule has 0 radical (unpaired) electrons. The molecule has 0 fully saturated rings. The van der Waals surface area contributed by atoms with Gasteiger partial charge in [0.15, 0.2) is 5.11 Å². The summed E-state index contributed by atoms with van der Waals surface area (Å²) in [6, 6.07) is 12.3. The molecule has 0 aliphatic heterocycles. The first kappa shape index (κ1) is 15.9. The van der Waals surface area contributed by atoms with Gasteiger partial charge in [0, 0.05) is 23.5 Å². The molecular formula is C16H17N3O2S. The summed E-state index contributed by atoms with van der Waals surface area (Å²) < 4.78 is 0. The van der Waals surface area contributed by atoms with E-state index in [9.17, 15) is 10.1 Å². The Kier molecular flexibility index (Phi) is 5.06. The Labute approximate surface area is 134 Å². The minimum absolute atomic E-state index is 0.0259. The van der Waals surface area contributed by atoms with Gasteiger partial charge in [0.1, 0.15) is 0 Å². The number of nitrogens with one attached hydrogen (secondary N) is 2. The molecule has 0 amide bonds. The summed E-state index contributed by atoms with van der Waals surface area (Å²) in [6.07, 6.45) is 0.892. The number of thiocarbonyl (C=S) groups is 1. The summed E-state index contributed by atoms with van der Waals surface area (Å²) in [5.74, 6) is 0. The number of benzene rings is 2. The van der Waals surface area contributed by atoms with E-state index in [4.69, 9.17) is 12.2 Å².